The van der Waals surface area contributed by atoms with E-state index in [2.05, 4.69) is 156 Å². The summed E-state index contributed by atoms with van der Waals surface area (Å²) in [6.45, 7) is 24.9. The quantitative estimate of drug-likeness (QED) is 0.156. The summed E-state index contributed by atoms with van der Waals surface area (Å²) in [5.74, 6) is 0. The molecule has 0 aliphatic heterocycles. The molecule has 0 heterocycles. The third kappa shape index (κ3) is 13.1. The van der Waals surface area contributed by atoms with E-state index in [1.807, 2.05) is 24.3 Å². The van der Waals surface area contributed by atoms with E-state index >= 15 is 0 Å². The topological polar surface area (TPSA) is 0 Å². The molecule has 1 aliphatic carbocycles. The Morgan fingerprint density at radius 3 is 1.62 bits per heavy atom. The van der Waals surface area contributed by atoms with Gasteiger partial charge in [-0.3, -0.25) is 0 Å². The monoisotopic (exact) mass is 850 g/mol. The van der Waals surface area contributed by atoms with Crippen molar-refractivity contribution < 1.29 is 22.3 Å². The van der Waals surface area contributed by atoms with Crippen molar-refractivity contribution in [3.63, 3.8) is 0 Å². The molecule has 0 nitrogen and oxygen atoms in total. The number of rotatable bonds is 3. The standard InChI is InChI=1S/C21H25.C12H19.2C7H5Cl.2ClH.Zr/c1-20(2,3)16-9-7-14-11-15-8-10-17(21(4,5)6)13-19(15)18(14)12-16;1-6-10-7-9(2)8-11(10)12(3,4)5;2*1-6-2-4-7(8)5-3-6;;;/h7,9-10,12-13H,11H2,1-6H3;7-8H,6H2,1-5H3;2*1-5H;2*1H;/q2*-1;;;;;. The van der Waals surface area contributed by atoms with E-state index in [-0.39, 0.29) is 35.6 Å². The van der Waals surface area contributed by atoms with Crippen LogP contribution in [0.3, 0.4) is 0 Å². The summed E-state index contributed by atoms with van der Waals surface area (Å²) in [5.41, 5.74) is 16.0. The molecule has 0 radical (unpaired) electrons. The molecule has 0 fully saturated rings. The number of hydrogen-bond donors (Lipinski definition) is 0. The van der Waals surface area contributed by atoms with Gasteiger partial charge in [0, 0.05) is 0 Å². The van der Waals surface area contributed by atoms with Crippen LogP contribution in [0.1, 0.15) is 119 Å². The summed E-state index contributed by atoms with van der Waals surface area (Å²) < 4.78 is 4.66. The number of fused-ring (bicyclic) bond motifs is 3. The van der Waals surface area contributed by atoms with Gasteiger partial charge in [-0.25, -0.2) is 6.07 Å². The zero-order chi connectivity index (χ0) is 36.9. The van der Waals surface area contributed by atoms with Crippen LogP contribution in [0.25, 0.3) is 11.1 Å². The van der Waals surface area contributed by atoms with Crippen molar-refractivity contribution in [2.75, 3.05) is 0 Å². The first-order valence-electron chi connectivity index (χ1n) is 17.7. The predicted molar refractivity (Wildman–Crippen MR) is 234 cm³/mol. The first-order valence-corrected chi connectivity index (χ1v) is 21.3. The molecule has 6 rings (SSSR count). The van der Waals surface area contributed by atoms with E-state index in [1.165, 1.54) is 61.2 Å². The first-order chi connectivity index (χ1) is 23.3. The van der Waals surface area contributed by atoms with E-state index in [0.29, 0.717) is 5.41 Å². The van der Waals surface area contributed by atoms with Gasteiger partial charge in [0.15, 0.2) is 0 Å². The Morgan fingerprint density at radius 1 is 0.673 bits per heavy atom. The van der Waals surface area contributed by atoms with Gasteiger partial charge < -0.3 is 0 Å². The summed E-state index contributed by atoms with van der Waals surface area (Å²) in [5, 5.41) is 1.57. The Balaban J connectivity index is 0.000000275. The first kappa shape index (κ1) is 46.2. The molecule has 0 bridgehead atoms. The Bertz CT molecular complexity index is 1840. The van der Waals surface area contributed by atoms with Crippen molar-refractivity contribution in [2.24, 2.45) is 0 Å². The number of aryl methyl sites for hydroxylation is 2. The van der Waals surface area contributed by atoms with Crippen molar-refractivity contribution in [2.45, 2.75) is 105 Å². The maximum atomic E-state index is 5.84. The van der Waals surface area contributed by atoms with Crippen LogP contribution in [0, 0.1) is 13.0 Å². The Labute approximate surface area is 348 Å². The molecule has 52 heavy (non-hydrogen) atoms. The van der Waals surface area contributed by atoms with Crippen LogP contribution >= 0.6 is 48.0 Å². The molecule has 0 spiro atoms. The van der Waals surface area contributed by atoms with E-state index < -0.39 is 22.3 Å². The van der Waals surface area contributed by atoms with Crippen molar-refractivity contribution in [1.29, 1.82) is 0 Å². The predicted octanol–water partition coefficient (Wildman–Crippen LogP) is 14.1. The van der Waals surface area contributed by atoms with Crippen LogP contribution in [-0.2, 0) is 51.4 Å². The van der Waals surface area contributed by atoms with E-state index in [9.17, 15) is 0 Å². The second-order valence-corrected chi connectivity index (χ2v) is 19.6. The zero-order valence-electron chi connectivity index (χ0n) is 32.8. The van der Waals surface area contributed by atoms with Gasteiger partial charge in [-0.05, 0) is 17.4 Å². The molecule has 5 heteroatoms. The van der Waals surface area contributed by atoms with Crippen LogP contribution in [0.5, 0.6) is 0 Å². The molecule has 0 saturated carbocycles. The number of benzene rings is 4. The fourth-order valence-electron chi connectivity index (χ4n) is 6.04. The van der Waals surface area contributed by atoms with E-state index in [4.69, 9.17) is 23.2 Å². The average molecular weight is 854 g/mol. The van der Waals surface area contributed by atoms with Gasteiger partial charge in [0.25, 0.3) is 0 Å². The summed E-state index contributed by atoms with van der Waals surface area (Å²) >= 11 is 11.0. The zero-order valence-corrected chi connectivity index (χ0v) is 38.4. The van der Waals surface area contributed by atoms with Crippen LogP contribution in [0.2, 0.25) is 10.0 Å². The molecule has 0 atom stereocenters. The van der Waals surface area contributed by atoms with E-state index in [1.54, 1.807) is 0 Å². The van der Waals surface area contributed by atoms with Gasteiger partial charge in [0.05, 0.1) is 0 Å². The van der Waals surface area contributed by atoms with Crippen LogP contribution < -0.4 is 0 Å². The summed E-state index contributed by atoms with van der Waals surface area (Å²) in [4.78, 5) is 0. The third-order valence-electron chi connectivity index (χ3n) is 9.07. The molecule has 0 saturated heterocycles. The maximum absolute atomic E-state index is 5.84. The van der Waals surface area contributed by atoms with Crippen molar-refractivity contribution in [1.82, 2.24) is 0 Å². The van der Waals surface area contributed by atoms with E-state index in [0.717, 1.165) is 22.9 Å². The number of hydrogen-bond acceptors (Lipinski definition) is 0. The Morgan fingerprint density at radius 2 is 1.17 bits per heavy atom. The number of halogens is 4. The second kappa shape index (κ2) is 19.6. The van der Waals surface area contributed by atoms with Crippen molar-refractivity contribution >= 4 is 55.4 Å². The Hall–Kier alpha value is -1.99. The Kier molecular flexibility index (Phi) is 17.4. The van der Waals surface area contributed by atoms with Crippen molar-refractivity contribution in [3.8, 4) is 11.1 Å². The minimum atomic E-state index is -0.623. The molecule has 0 amide bonds. The van der Waals surface area contributed by atoms with Gasteiger partial charge in [-0.2, -0.15) is 52.1 Å². The molecule has 278 valence electrons. The SMILES string of the molecule is CC(C)(C)c1c[c-]c2c(c1)-c1cc(C(C)(C)C)ccc1C2.CCc1[cH-]c(C)cc1C(C)(C)C.Cl.Cl.Clc1ccc([CH]=[Zr]=[CH]c2ccc(Cl)cc2)cc1. The summed E-state index contributed by atoms with van der Waals surface area (Å²) in [6.07, 6.45) is 2.18. The van der Waals surface area contributed by atoms with Gasteiger partial charge in [0.2, 0.25) is 0 Å². The fraction of sp³-hybridized carbons (Fsp3) is 0.340. The van der Waals surface area contributed by atoms with Gasteiger partial charge in [-0.1, -0.05) is 123 Å². The summed E-state index contributed by atoms with van der Waals surface area (Å²) in [6, 6.07) is 35.6. The van der Waals surface area contributed by atoms with Gasteiger partial charge >= 0.3 is 123 Å². The molecule has 5 aromatic rings. The van der Waals surface area contributed by atoms with Gasteiger partial charge in [-0.15, -0.1) is 30.4 Å². The van der Waals surface area contributed by atoms with Gasteiger partial charge in [0.1, 0.15) is 0 Å². The molecule has 0 aromatic heterocycles. The third-order valence-corrected chi connectivity index (χ3v) is 12.0. The fourth-order valence-corrected chi connectivity index (χ4v) is 8.39. The molecule has 0 N–H and O–H groups in total. The molecule has 0 unspecified atom stereocenters. The minimum absolute atomic E-state index is 0. The average Bonchev–Trinajstić information content (AvgIpc) is 3.62. The second-order valence-electron chi connectivity index (χ2n) is 16.5. The normalized spacial score (nSPS) is 11.6. The van der Waals surface area contributed by atoms with Crippen LogP contribution in [0.4, 0.5) is 0 Å². The van der Waals surface area contributed by atoms with Crippen LogP contribution in [-0.4, -0.2) is 7.42 Å². The molecular weight excluding hydrogens is 798 g/mol. The molecular formula is C47H56Cl4Zr-2. The summed E-state index contributed by atoms with van der Waals surface area (Å²) in [7, 11) is 0. The molecule has 1 aliphatic rings. The van der Waals surface area contributed by atoms with Crippen LogP contribution in [0.15, 0.2) is 91.0 Å². The van der Waals surface area contributed by atoms with Crippen molar-refractivity contribution in [3.05, 3.63) is 157 Å². The molecule has 5 aromatic carbocycles.